The minimum atomic E-state index is -1.19. The first-order chi connectivity index (χ1) is 14.0. The Balaban J connectivity index is 1.58. The van der Waals surface area contributed by atoms with E-state index in [-0.39, 0.29) is 30.5 Å². The largest absolute Gasteiger partial charge is 0.481 e. The number of hydrogen-bond donors (Lipinski definition) is 3. The highest BCUT2D eigenvalue weighted by atomic mass is 32.2. The SMILES string of the molecule is O=C(O)CCSC[C@@H](NC(=O)OCC1c2ccccc2-c2ccccc21)C(=O)O. The second-order valence-corrected chi connectivity index (χ2v) is 7.73. The van der Waals surface area contributed by atoms with Gasteiger partial charge in [0.25, 0.3) is 0 Å². The maximum absolute atomic E-state index is 12.2. The third kappa shape index (κ3) is 5.08. The van der Waals surface area contributed by atoms with E-state index >= 15 is 0 Å². The third-order valence-corrected chi connectivity index (χ3v) is 5.74. The fraction of sp³-hybridized carbons (Fsp3) is 0.286. The summed E-state index contributed by atoms with van der Waals surface area (Å²) in [6, 6.07) is 14.7. The van der Waals surface area contributed by atoms with Crippen molar-refractivity contribution < 1.29 is 29.3 Å². The number of aliphatic carboxylic acids is 2. The molecule has 0 heterocycles. The Morgan fingerprint density at radius 2 is 1.59 bits per heavy atom. The molecule has 29 heavy (non-hydrogen) atoms. The summed E-state index contributed by atoms with van der Waals surface area (Å²) < 4.78 is 5.35. The Morgan fingerprint density at radius 3 is 2.14 bits per heavy atom. The smallest absolute Gasteiger partial charge is 0.407 e. The van der Waals surface area contributed by atoms with Crippen molar-refractivity contribution in [2.75, 3.05) is 18.1 Å². The van der Waals surface area contributed by atoms with Crippen LogP contribution in [0.4, 0.5) is 4.79 Å². The molecule has 0 radical (unpaired) electrons. The summed E-state index contributed by atoms with van der Waals surface area (Å²) in [5, 5.41) is 20.2. The van der Waals surface area contributed by atoms with Crippen LogP contribution in [0.5, 0.6) is 0 Å². The molecule has 3 N–H and O–H groups in total. The predicted octanol–water partition coefficient (Wildman–Crippen LogP) is 3.19. The number of rotatable bonds is 9. The zero-order valence-corrected chi connectivity index (χ0v) is 16.4. The molecule has 1 atom stereocenters. The van der Waals surface area contributed by atoms with E-state index in [2.05, 4.69) is 5.32 Å². The molecular formula is C21H21NO6S. The summed E-state index contributed by atoms with van der Waals surface area (Å²) in [5.41, 5.74) is 4.35. The van der Waals surface area contributed by atoms with Gasteiger partial charge in [0, 0.05) is 17.4 Å². The number of carbonyl (C=O) groups is 3. The number of carbonyl (C=O) groups excluding carboxylic acids is 1. The van der Waals surface area contributed by atoms with Crippen LogP contribution in [0.15, 0.2) is 48.5 Å². The second-order valence-electron chi connectivity index (χ2n) is 6.58. The summed E-state index contributed by atoms with van der Waals surface area (Å²) in [5.74, 6) is -1.92. The van der Waals surface area contributed by atoms with Gasteiger partial charge in [0.2, 0.25) is 0 Å². The number of carboxylic acid groups (broad SMARTS) is 2. The van der Waals surface area contributed by atoms with Crippen LogP contribution in [-0.2, 0) is 14.3 Å². The first-order valence-electron chi connectivity index (χ1n) is 9.11. The molecule has 0 unspecified atom stereocenters. The molecule has 0 saturated carbocycles. The van der Waals surface area contributed by atoms with Crippen molar-refractivity contribution in [1.82, 2.24) is 5.32 Å². The summed E-state index contributed by atoms with van der Waals surface area (Å²) in [6.07, 6.45) is -0.875. The molecule has 1 aliphatic rings. The molecule has 3 rings (SSSR count). The van der Waals surface area contributed by atoms with Gasteiger partial charge < -0.3 is 20.3 Å². The lowest BCUT2D eigenvalue weighted by molar-refractivity contribution is -0.139. The van der Waals surface area contributed by atoms with Gasteiger partial charge in [-0.1, -0.05) is 48.5 Å². The van der Waals surface area contributed by atoms with Gasteiger partial charge in [-0.3, -0.25) is 4.79 Å². The molecule has 0 fully saturated rings. The molecule has 7 nitrogen and oxygen atoms in total. The molecule has 0 bridgehead atoms. The number of benzene rings is 2. The minimum absolute atomic E-state index is 0.0623. The topological polar surface area (TPSA) is 113 Å². The third-order valence-electron chi connectivity index (χ3n) is 4.68. The summed E-state index contributed by atoms with van der Waals surface area (Å²) >= 11 is 1.15. The van der Waals surface area contributed by atoms with E-state index < -0.39 is 24.1 Å². The number of hydrogen-bond acceptors (Lipinski definition) is 5. The van der Waals surface area contributed by atoms with Crippen LogP contribution < -0.4 is 5.32 Å². The molecule has 1 amide bonds. The van der Waals surface area contributed by atoms with Crippen molar-refractivity contribution in [1.29, 1.82) is 0 Å². The highest BCUT2D eigenvalue weighted by Crippen LogP contribution is 2.44. The second kappa shape index (κ2) is 9.47. The van der Waals surface area contributed by atoms with Crippen LogP contribution in [0.2, 0.25) is 0 Å². The van der Waals surface area contributed by atoms with Gasteiger partial charge in [0.1, 0.15) is 12.6 Å². The average molecular weight is 415 g/mol. The van der Waals surface area contributed by atoms with Crippen molar-refractivity contribution >= 4 is 29.8 Å². The zero-order valence-electron chi connectivity index (χ0n) is 15.5. The van der Waals surface area contributed by atoms with Crippen molar-refractivity contribution in [2.45, 2.75) is 18.4 Å². The lowest BCUT2D eigenvalue weighted by Gasteiger charge is -2.17. The van der Waals surface area contributed by atoms with Gasteiger partial charge in [0.15, 0.2) is 0 Å². The number of carboxylic acids is 2. The molecule has 0 aromatic heterocycles. The lowest BCUT2D eigenvalue weighted by atomic mass is 9.98. The van der Waals surface area contributed by atoms with Crippen molar-refractivity contribution in [3.8, 4) is 11.1 Å². The molecule has 0 saturated heterocycles. The normalized spacial score (nSPS) is 13.2. The number of fused-ring (bicyclic) bond motifs is 3. The Labute approximate surface area is 172 Å². The number of alkyl carbamates (subject to hydrolysis) is 1. The number of ether oxygens (including phenoxy) is 1. The van der Waals surface area contributed by atoms with Gasteiger partial charge in [-0.2, -0.15) is 11.8 Å². The molecule has 152 valence electrons. The Hall–Kier alpha value is -3.00. The fourth-order valence-electron chi connectivity index (χ4n) is 3.32. The van der Waals surface area contributed by atoms with Gasteiger partial charge >= 0.3 is 18.0 Å². The molecule has 1 aliphatic carbocycles. The molecule has 2 aromatic rings. The van der Waals surface area contributed by atoms with E-state index in [1.165, 1.54) is 0 Å². The maximum atomic E-state index is 12.2. The highest BCUT2D eigenvalue weighted by molar-refractivity contribution is 7.99. The van der Waals surface area contributed by atoms with E-state index in [4.69, 9.17) is 9.84 Å². The monoisotopic (exact) mass is 415 g/mol. The minimum Gasteiger partial charge on any atom is -0.481 e. The maximum Gasteiger partial charge on any atom is 0.407 e. The standard InChI is InChI=1S/C21H21NO6S/c23-19(24)9-10-29-12-18(20(25)26)22-21(27)28-11-17-15-7-3-1-5-13(15)14-6-2-4-8-16(14)17/h1-8,17-18H,9-12H2,(H,22,27)(H,23,24)(H,25,26)/t18-/m1/s1. The van der Waals surface area contributed by atoms with E-state index in [0.717, 1.165) is 34.0 Å². The van der Waals surface area contributed by atoms with Crippen LogP contribution in [0.1, 0.15) is 23.5 Å². The first-order valence-corrected chi connectivity index (χ1v) is 10.3. The van der Waals surface area contributed by atoms with Crippen LogP contribution >= 0.6 is 11.8 Å². The average Bonchev–Trinajstić information content (AvgIpc) is 3.02. The van der Waals surface area contributed by atoms with E-state index in [0.29, 0.717) is 0 Å². The molecule has 0 spiro atoms. The summed E-state index contributed by atoms with van der Waals surface area (Å²) in [6.45, 7) is 0.0956. The van der Waals surface area contributed by atoms with Crippen molar-refractivity contribution in [2.24, 2.45) is 0 Å². The van der Waals surface area contributed by atoms with E-state index in [1.54, 1.807) is 0 Å². The number of nitrogens with one attached hydrogen (secondary N) is 1. The highest BCUT2D eigenvalue weighted by Gasteiger charge is 2.29. The summed E-state index contributed by atoms with van der Waals surface area (Å²) in [4.78, 5) is 34.1. The quantitative estimate of drug-likeness (QED) is 0.539. The van der Waals surface area contributed by atoms with Gasteiger partial charge in [0.05, 0.1) is 6.42 Å². The van der Waals surface area contributed by atoms with Crippen LogP contribution in [0, 0.1) is 0 Å². The molecular weight excluding hydrogens is 394 g/mol. The van der Waals surface area contributed by atoms with Crippen molar-refractivity contribution in [3.05, 3.63) is 59.7 Å². The van der Waals surface area contributed by atoms with Crippen LogP contribution in [0.25, 0.3) is 11.1 Å². The first kappa shape index (κ1) is 20.7. The zero-order chi connectivity index (χ0) is 20.8. The van der Waals surface area contributed by atoms with Gasteiger partial charge in [-0.25, -0.2) is 9.59 Å². The van der Waals surface area contributed by atoms with Crippen LogP contribution in [-0.4, -0.2) is 52.4 Å². The molecule has 0 aliphatic heterocycles. The van der Waals surface area contributed by atoms with Crippen molar-refractivity contribution in [3.63, 3.8) is 0 Å². The van der Waals surface area contributed by atoms with E-state index in [1.807, 2.05) is 48.5 Å². The fourth-order valence-corrected chi connectivity index (χ4v) is 4.26. The van der Waals surface area contributed by atoms with Gasteiger partial charge in [-0.15, -0.1) is 0 Å². The Morgan fingerprint density at radius 1 is 1.00 bits per heavy atom. The summed E-state index contributed by atoms with van der Waals surface area (Å²) in [7, 11) is 0. The predicted molar refractivity (Wildman–Crippen MR) is 109 cm³/mol. The lowest BCUT2D eigenvalue weighted by Crippen LogP contribution is -2.43. The molecule has 2 aromatic carbocycles. The Bertz CT molecular complexity index is 870. The molecule has 8 heteroatoms. The van der Waals surface area contributed by atoms with Gasteiger partial charge in [-0.05, 0) is 22.3 Å². The Kier molecular flexibility index (Phi) is 6.77. The number of thioether (sulfide) groups is 1. The van der Waals surface area contributed by atoms with Crippen LogP contribution in [0.3, 0.4) is 0 Å². The number of amides is 1. The van der Waals surface area contributed by atoms with E-state index in [9.17, 15) is 19.5 Å².